The second-order valence-electron chi connectivity index (χ2n) is 5.73. The quantitative estimate of drug-likeness (QED) is 0.804. The molecule has 1 aromatic heterocycles. The molecule has 0 spiro atoms. The van der Waals surface area contributed by atoms with E-state index in [4.69, 9.17) is 10.7 Å². The number of anilines is 1. The number of imidazole rings is 1. The molecule has 2 aromatic rings. The number of hydrogen-bond acceptors (Lipinski definition) is 2. The molecule has 0 saturated heterocycles. The largest absolute Gasteiger partial charge is 0.399 e. The molecule has 104 valence electrons. The third-order valence-corrected chi connectivity index (χ3v) is 3.67. The molecule has 19 heavy (non-hydrogen) atoms. The van der Waals surface area contributed by atoms with Crippen molar-refractivity contribution in [3.8, 4) is 0 Å². The molecule has 3 heteroatoms. The number of aromatic nitrogens is 2. The van der Waals surface area contributed by atoms with Crippen molar-refractivity contribution < 1.29 is 0 Å². The summed E-state index contributed by atoms with van der Waals surface area (Å²) in [6, 6.07) is 6.54. The third kappa shape index (κ3) is 2.75. The molecule has 0 aliphatic heterocycles. The standard InChI is InChI=1S/C16H25N3/c1-5-6-7-12(4)19-15-9-8-13(17)10-14(15)18-16(19)11(2)3/h8-12H,5-7,17H2,1-4H3. The Kier molecular flexibility index (Phi) is 4.13. The number of rotatable bonds is 5. The molecule has 0 aliphatic rings. The highest BCUT2D eigenvalue weighted by atomic mass is 15.1. The van der Waals surface area contributed by atoms with Crippen molar-refractivity contribution in [2.45, 2.75) is 58.9 Å². The Bertz CT molecular complexity index is 554. The molecule has 2 rings (SSSR count). The van der Waals surface area contributed by atoms with Crippen molar-refractivity contribution in [1.29, 1.82) is 0 Å². The minimum atomic E-state index is 0.428. The highest BCUT2D eigenvalue weighted by Gasteiger charge is 2.17. The van der Waals surface area contributed by atoms with Crippen LogP contribution in [0.5, 0.6) is 0 Å². The van der Waals surface area contributed by atoms with Crippen LogP contribution in [-0.4, -0.2) is 9.55 Å². The van der Waals surface area contributed by atoms with E-state index >= 15 is 0 Å². The molecule has 0 bridgehead atoms. The predicted octanol–water partition coefficient (Wildman–Crippen LogP) is 4.49. The maximum absolute atomic E-state index is 5.87. The van der Waals surface area contributed by atoms with Gasteiger partial charge in [0.05, 0.1) is 11.0 Å². The number of unbranched alkanes of at least 4 members (excludes halogenated alkanes) is 1. The van der Waals surface area contributed by atoms with Crippen molar-refractivity contribution in [3.05, 3.63) is 24.0 Å². The van der Waals surface area contributed by atoms with Gasteiger partial charge in [-0.2, -0.15) is 0 Å². The first-order chi connectivity index (χ1) is 9.04. The molecule has 0 amide bonds. The van der Waals surface area contributed by atoms with E-state index in [2.05, 4.69) is 38.3 Å². The fourth-order valence-electron chi connectivity index (χ4n) is 2.63. The van der Waals surface area contributed by atoms with Gasteiger partial charge in [0.25, 0.3) is 0 Å². The minimum Gasteiger partial charge on any atom is -0.399 e. The van der Waals surface area contributed by atoms with E-state index in [1.54, 1.807) is 0 Å². The van der Waals surface area contributed by atoms with Gasteiger partial charge in [-0.15, -0.1) is 0 Å². The number of nitrogens with zero attached hydrogens (tertiary/aromatic N) is 2. The average Bonchev–Trinajstić information content (AvgIpc) is 2.74. The molecule has 1 heterocycles. The second-order valence-corrected chi connectivity index (χ2v) is 5.73. The monoisotopic (exact) mass is 259 g/mol. The fraction of sp³-hybridized carbons (Fsp3) is 0.562. The van der Waals surface area contributed by atoms with E-state index in [9.17, 15) is 0 Å². The maximum Gasteiger partial charge on any atom is 0.112 e. The zero-order valence-electron chi connectivity index (χ0n) is 12.5. The van der Waals surface area contributed by atoms with E-state index in [-0.39, 0.29) is 0 Å². The van der Waals surface area contributed by atoms with Gasteiger partial charge in [-0.3, -0.25) is 0 Å². The van der Waals surface area contributed by atoms with Gasteiger partial charge in [0.15, 0.2) is 0 Å². The fourth-order valence-corrected chi connectivity index (χ4v) is 2.63. The third-order valence-electron chi connectivity index (χ3n) is 3.67. The lowest BCUT2D eigenvalue weighted by Gasteiger charge is -2.19. The smallest absolute Gasteiger partial charge is 0.112 e. The lowest BCUT2D eigenvalue weighted by atomic mass is 10.1. The predicted molar refractivity (Wildman–Crippen MR) is 82.5 cm³/mol. The molecular weight excluding hydrogens is 234 g/mol. The van der Waals surface area contributed by atoms with Gasteiger partial charge in [-0.25, -0.2) is 4.98 Å². The van der Waals surface area contributed by atoms with Crippen LogP contribution in [0.4, 0.5) is 5.69 Å². The van der Waals surface area contributed by atoms with Crippen LogP contribution in [0.25, 0.3) is 11.0 Å². The number of nitrogens with two attached hydrogens (primary N) is 1. The summed E-state index contributed by atoms with van der Waals surface area (Å²) in [5, 5.41) is 0. The average molecular weight is 259 g/mol. The molecule has 1 unspecified atom stereocenters. The number of fused-ring (bicyclic) bond motifs is 1. The van der Waals surface area contributed by atoms with Crippen molar-refractivity contribution >= 4 is 16.7 Å². The van der Waals surface area contributed by atoms with Gasteiger partial charge in [0.2, 0.25) is 0 Å². The van der Waals surface area contributed by atoms with Gasteiger partial charge in [0, 0.05) is 17.6 Å². The van der Waals surface area contributed by atoms with Crippen molar-refractivity contribution in [3.63, 3.8) is 0 Å². The summed E-state index contributed by atoms with van der Waals surface area (Å²) in [7, 11) is 0. The molecule has 0 radical (unpaired) electrons. The maximum atomic E-state index is 5.87. The van der Waals surface area contributed by atoms with Crippen LogP contribution in [0.1, 0.15) is 64.7 Å². The molecule has 1 atom stereocenters. The van der Waals surface area contributed by atoms with Crippen molar-refractivity contribution in [1.82, 2.24) is 9.55 Å². The van der Waals surface area contributed by atoms with Crippen molar-refractivity contribution in [2.75, 3.05) is 5.73 Å². The highest BCUT2D eigenvalue weighted by molar-refractivity contribution is 5.80. The van der Waals surface area contributed by atoms with Crippen LogP contribution in [0.15, 0.2) is 18.2 Å². The van der Waals surface area contributed by atoms with Crippen molar-refractivity contribution in [2.24, 2.45) is 0 Å². The Hall–Kier alpha value is -1.51. The van der Waals surface area contributed by atoms with Crippen LogP contribution in [0, 0.1) is 0 Å². The molecule has 3 nitrogen and oxygen atoms in total. The van der Waals surface area contributed by atoms with E-state index in [1.165, 1.54) is 30.6 Å². The van der Waals surface area contributed by atoms with Crippen LogP contribution >= 0.6 is 0 Å². The topological polar surface area (TPSA) is 43.8 Å². The Morgan fingerprint density at radius 1 is 1.26 bits per heavy atom. The Balaban J connectivity index is 2.51. The molecule has 1 aromatic carbocycles. The molecule has 0 aliphatic carbocycles. The van der Waals surface area contributed by atoms with Crippen LogP contribution in [0.2, 0.25) is 0 Å². The van der Waals surface area contributed by atoms with Crippen LogP contribution < -0.4 is 5.73 Å². The van der Waals surface area contributed by atoms with Gasteiger partial charge >= 0.3 is 0 Å². The van der Waals surface area contributed by atoms with E-state index in [1.807, 2.05) is 12.1 Å². The summed E-state index contributed by atoms with van der Waals surface area (Å²) >= 11 is 0. The summed E-state index contributed by atoms with van der Waals surface area (Å²) in [5.74, 6) is 1.60. The number of benzene rings is 1. The SMILES string of the molecule is CCCCC(C)n1c(C(C)C)nc2cc(N)ccc21. The summed E-state index contributed by atoms with van der Waals surface area (Å²) in [4.78, 5) is 4.79. The number of nitrogen functional groups attached to an aromatic ring is 1. The first-order valence-corrected chi connectivity index (χ1v) is 7.32. The summed E-state index contributed by atoms with van der Waals surface area (Å²) < 4.78 is 2.40. The molecular formula is C16H25N3. The van der Waals surface area contributed by atoms with Gasteiger partial charge in [0.1, 0.15) is 5.82 Å². The molecule has 2 N–H and O–H groups in total. The minimum absolute atomic E-state index is 0.428. The van der Waals surface area contributed by atoms with E-state index < -0.39 is 0 Å². The normalized spacial score (nSPS) is 13.3. The van der Waals surface area contributed by atoms with E-state index in [0.29, 0.717) is 12.0 Å². The van der Waals surface area contributed by atoms with E-state index in [0.717, 1.165) is 11.2 Å². The molecule has 0 fully saturated rings. The summed E-state index contributed by atoms with van der Waals surface area (Å²) in [5.41, 5.74) is 8.88. The van der Waals surface area contributed by atoms with Gasteiger partial charge < -0.3 is 10.3 Å². The highest BCUT2D eigenvalue weighted by Crippen LogP contribution is 2.29. The first-order valence-electron chi connectivity index (χ1n) is 7.32. The zero-order valence-corrected chi connectivity index (χ0v) is 12.5. The second kappa shape index (κ2) is 5.64. The Labute approximate surface area is 115 Å². The first kappa shape index (κ1) is 13.9. The zero-order chi connectivity index (χ0) is 14.0. The Morgan fingerprint density at radius 3 is 2.63 bits per heavy atom. The van der Waals surface area contributed by atoms with Crippen LogP contribution in [-0.2, 0) is 0 Å². The lowest BCUT2D eigenvalue weighted by Crippen LogP contribution is -2.10. The summed E-state index contributed by atoms with van der Waals surface area (Å²) in [6.07, 6.45) is 3.69. The van der Waals surface area contributed by atoms with Crippen LogP contribution in [0.3, 0.4) is 0 Å². The van der Waals surface area contributed by atoms with Gasteiger partial charge in [-0.1, -0.05) is 33.6 Å². The Morgan fingerprint density at radius 2 is 2.00 bits per heavy atom. The number of hydrogen-bond donors (Lipinski definition) is 1. The lowest BCUT2D eigenvalue weighted by molar-refractivity contribution is 0.472. The summed E-state index contributed by atoms with van der Waals surface area (Å²) in [6.45, 7) is 8.93. The van der Waals surface area contributed by atoms with Gasteiger partial charge in [-0.05, 0) is 31.5 Å². The molecule has 0 saturated carbocycles.